The number of rotatable bonds is 8. The van der Waals surface area contributed by atoms with Crippen LogP contribution < -0.4 is 0 Å². The van der Waals surface area contributed by atoms with Gasteiger partial charge in [0.2, 0.25) is 0 Å². The second-order valence-electron chi connectivity index (χ2n) is 10.7. The van der Waals surface area contributed by atoms with Crippen molar-refractivity contribution in [3.63, 3.8) is 0 Å². The van der Waals surface area contributed by atoms with Gasteiger partial charge in [0, 0.05) is 46.0 Å². The molecule has 5 rings (SSSR count). The van der Waals surface area contributed by atoms with E-state index in [0.29, 0.717) is 18.5 Å². The molecule has 44 heavy (non-hydrogen) atoms. The number of aryl methyl sites for hydroxylation is 3. The molecule has 0 atom stereocenters. The van der Waals surface area contributed by atoms with E-state index >= 15 is 0 Å². The molecule has 0 radical (unpaired) electrons. The summed E-state index contributed by atoms with van der Waals surface area (Å²) in [5.74, 6) is -1.76. The summed E-state index contributed by atoms with van der Waals surface area (Å²) in [7, 11) is 0. The van der Waals surface area contributed by atoms with Gasteiger partial charge >= 0.3 is 31.7 Å². The van der Waals surface area contributed by atoms with Crippen LogP contribution in [-0.2, 0) is 16.0 Å². The molecule has 5 heterocycles. The van der Waals surface area contributed by atoms with Gasteiger partial charge < -0.3 is 20.2 Å². The summed E-state index contributed by atoms with van der Waals surface area (Å²) < 4.78 is 0. The number of nitrogens with one attached hydrogen (secondary N) is 2. The van der Waals surface area contributed by atoms with Crippen LogP contribution in [0.15, 0.2) is 43.5 Å². The fourth-order valence-corrected chi connectivity index (χ4v) is 5.77. The number of aliphatic carboxylic acids is 2. The third kappa shape index (κ3) is 6.40. The molecule has 10 heteroatoms. The maximum absolute atomic E-state index is 11.5. The Labute approximate surface area is 275 Å². The molecule has 3 aromatic rings. The average molecular weight is 672 g/mol. The monoisotopic (exact) mass is 670 g/mol. The Morgan fingerprint density at radius 3 is 1.89 bits per heavy atom. The number of aromatic amines is 2. The van der Waals surface area contributed by atoms with Crippen LogP contribution >= 0.6 is 12.4 Å². The molecule has 4 N–H and O–H groups in total. The van der Waals surface area contributed by atoms with E-state index in [4.69, 9.17) is 9.97 Å². The van der Waals surface area contributed by atoms with Gasteiger partial charge in [0.1, 0.15) is 0 Å². The third-order valence-corrected chi connectivity index (χ3v) is 8.22. The predicted molar refractivity (Wildman–Crippen MR) is 186 cm³/mol. The first-order valence-electron chi connectivity index (χ1n) is 13.9. The molecule has 0 saturated heterocycles. The molecule has 3 aromatic heterocycles. The molecule has 0 aliphatic carbocycles. The molecule has 2 aliphatic heterocycles. The number of halogens is 1. The Morgan fingerprint density at radius 2 is 1.25 bits per heavy atom. The average Bonchev–Trinajstić information content (AvgIpc) is 3.59. The summed E-state index contributed by atoms with van der Waals surface area (Å²) in [6.07, 6.45) is 4.22. The molecule has 8 bridgehead atoms. The number of allylic oxidation sites excluding steroid dienone is 5. The van der Waals surface area contributed by atoms with Crippen molar-refractivity contribution in [2.24, 2.45) is 0 Å². The van der Waals surface area contributed by atoms with Crippen molar-refractivity contribution >= 4 is 94.6 Å². The molecular formula is C34H38ClGaN4O4. The number of carboxylic acid groups (broad SMARTS) is 2. The molecule has 0 amide bonds. The zero-order valence-electron chi connectivity index (χ0n) is 24.7. The van der Waals surface area contributed by atoms with Crippen LogP contribution in [0, 0.1) is 13.8 Å². The normalized spacial score (nSPS) is 12.5. The Bertz CT molecular complexity index is 1930. The van der Waals surface area contributed by atoms with Crippen molar-refractivity contribution in [1.82, 2.24) is 19.9 Å². The molecule has 0 fully saturated rings. The van der Waals surface area contributed by atoms with Gasteiger partial charge in [-0.3, -0.25) is 9.59 Å². The zero-order valence-corrected chi connectivity index (χ0v) is 25.5. The van der Waals surface area contributed by atoms with Crippen LogP contribution in [0.2, 0.25) is 0 Å². The van der Waals surface area contributed by atoms with E-state index in [2.05, 4.69) is 23.1 Å². The van der Waals surface area contributed by atoms with Crippen molar-refractivity contribution in [2.75, 3.05) is 0 Å². The summed E-state index contributed by atoms with van der Waals surface area (Å²) in [5.41, 5.74) is 13.7. The zero-order chi connectivity index (χ0) is 30.3. The maximum atomic E-state index is 11.5. The predicted octanol–water partition coefficient (Wildman–Crippen LogP) is 6.74. The standard InChI is InChI=1S/C34H34N4O4.ClH.Ga.3H/c1-7-21-17(3)25-13-26-19(5)23(9-11-33(39)40)31(37-26)16-32-24(10-12-34(41)42)20(6)28(38-32)15-30-22(8-2)18(4)27(36-30)14-29(21)35-25;;;;;/h7-8,13-16,35,38H,1-2,9-12H2,3-6H3,(H,39,40)(H,41,42);1H;;;;. The number of nitrogens with zero attached hydrogens (tertiary/aromatic N) is 2. The first-order valence-corrected chi connectivity index (χ1v) is 13.9. The van der Waals surface area contributed by atoms with Gasteiger partial charge in [0.25, 0.3) is 0 Å². The summed E-state index contributed by atoms with van der Waals surface area (Å²) in [5, 5.41) is 18.9. The molecule has 0 unspecified atom stereocenters. The van der Waals surface area contributed by atoms with Crippen molar-refractivity contribution < 1.29 is 19.8 Å². The van der Waals surface area contributed by atoms with Gasteiger partial charge in [-0.05, 0) is 98.2 Å². The Balaban J connectivity index is 0.00000264. The fourth-order valence-electron chi connectivity index (χ4n) is 5.77. The Kier molecular flexibility index (Phi) is 10.7. The number of carbonyl (C=O) groups is 2. The van der Waals surface area contributed by atoms with Gasteiger partial charge in [0.15, 0.2) is 0 Å². The number of aromatic nitrogens is 4. The molecular weight excluding hydrogens is 634 g/mol. The molecule has 0 aromatic carbocycles. The van der Waals surface area contributed by atoms with E-state index in [-0.39, 0.29) is 45.0 Å². The number of hydrogen-bond donors (Lipinski definition) is 4. The van der Waals surface area contributed by atoms with Crippen LogP contribution in [0.1, 0.15) is 78.1 Å². The van der Waals surface area contributed by atoms with Crippen LogP contribution in [-0.4, -0.2) is 61.9 Å². The van der Waals surface area contributed by atoms with E-state index in [1.807, 2.05) is 58.0 Å². The fraction of sp³-hybridized carbons (Fsp3) is 0.235. The minimum absolute atomic E-state index is 0. The van der Waals surface area contributed by atoms with Crippen LogP contribution in [0.25, 0.3) is 50.4 Å². The molecule has 0 saturated carbocycles. The topological polar surface area (TPSA) is 132 Å². The van der Waals surface area contributed by atoms with Gasteiger partial charge in [-0.15, -0.1) is 12.4 Å². The number of H-pyrrole nitrogens is 2. The van der Waals surface area contributed by atoms with E-state index in [1.54, 1.807) is 6.08 Å². The van der Waals surface area contributed by atoms with Crippen LogP contribution in [0.4, 0.5) is 0 Å². The van der Waals surface area contributed by atoms with Crippen molar-refractivity contribution in [2.45, 2.75) is 53.4 Å². The SMILES string of the molecule is C=CC1=C(C)c2cc3[nH]c(cc4nc(cc5[nH]c(cc1n2)c(C)c5CCC(=O)O)C(CCC(=O)O)=C4C)c(C)c3C=C.Cl.[GaH3]. The number of fused-ring (bicyclic) bond motifs is 8. The van der Waals surface area contributed by atoms with E-state index in [1.165, 1.54) is 0 Å². The first-order chi connectivity index (χ1) is 20.0. The van der Waals surface area contributed by atoms with Gasteiger partial charge in [-0.1, -0.05) is 25.3 Å². The minimum atomic E-state index is -0.883. The summed E-state index contributed by atoms with van der Waals surface area (Å²) in [6, 6.07) is 7.88. The molecule has 8 nitrogen and oxygen atoms in total. The van der Waals surface area contributed by atoms with Crippen molar-refractivity contribution in [3.8, 4) is 0 Å². The van der Waals surface area contributed by atoms with E-state index < -0.39 is 11.9 Å². The van der Waals surface area contributed by atoms with Gasteiger partial charge in [-0.25, -0.2) is 9.97 Å². The summed E-state index contributed by atoms with van der Waals surface area (Å²) >= 11 is 0. The number of carboxylic acids is 2. The third-order valence-electron chi connectivity index (χ3n) is 8.22. The second-order valence-corrected chi connectivity index (χ2v) is 10.7. The Morgan fingerprint density at radius 1 is 0.727 bits per heavy atom. The number of hydrogen-bond acceptors (Lipinski definition) is 4. The summed E-state index contributed by atoms with van der Waals surface area (Å²) in [4.78, 5) is 40.0. The van der Waals surface area contributed by atoms with Crippen LogP contribution in [0.5, 0.6) is 0 Å². The first kappa shape index (κ1) is 34.4. The van der Waals surface area contributed by atoms with Gasteiger partial charge in [0.05, 0.1) is 22.8 Å². The molecule has 228 valence electrons. The molecule has 0 spiro atoms. The van der Waals surface area contributed by atoms with E-state index in [0.717, 1.165) is 83.7 Å². The quantitative estimate of drug-likeness (QED) is 0.196. The van der Waals surface area contributed by atoms with E-state index in [9.17, 15) is 19.8 Å². The molecule has 2 aliphatic rings. The van der Waals surface area contributed by atoms with Gasteiger partial charge in [-0.2, -0.15) is 0 Å². The van der Waals surface area contributed by atoms with Crippen molar-refractivity contribution in [1.29, 1.82) is 0 Å². The second kappa shape index (κ2) is 13.7. The van der Waals surface area contributed by atoms with Crippen LogP contribution in [0.3, 0.4) is 0 Å². The summed E-state index contributed by atoms with van der Waals surface area (Å²) in [6.45, 7) is 16.0. The van der Waals surface area contributed by atoms with Crippen molar-refractivity contribution in [3.05, 3.63) is 88.5 Å². The Hall–Kier alpha value is -4.05.